The summed E-state index contributed by atoms with van der Waals surface area (Å²) in [6.07, 6.45) is 2.67. The van der Waals surface area contributed by atoms with Crippen molar-refractivity contribution in [2.45, 2.75) is 12.5 Å². The molecule has 1 saturated heterocycles. The lowest BCUT2D eigenvalue weighted by Gasteiger charge is -2.50. The van der Waals surface area contributed by atoms with Crippen LogP contribution < -0.4 is 20.7 Å². The number of benzene rings is 2. The molecular weight excluding hydrogens is 428 g/mol. The van der Waals surface area contributed by atoms with E-state index in [0.717, 1.165) is 24.2 Å². The molecule has 2 fully saturated rings. The number of aromatic nitrogens is 2. The Balaban J connectivity index is 1.52. The molecule has 9 heteroatoms. The van der Waals surface area contributed by atoms with Gasteiger partial charge in [0.05, 0.1) is 34.0 Å². The fourth-order valence-corrected chi connectivity index (χ4v) is 4.69. The molecule has 1 unspecified atom stereocenters. The molecule has 2 heterocycles. The third-order valence-corrected chi connectivity index (χ3v) is 6.78. The van der Waals surface area contributed by atoms with Gasteiger partial charge in [0.1, 0.15) is 17.9 Å². The zero-order chi connectivity index (χ0) is 20.8. The van der Waals surface area contributed by atoms with Crippen molar-refractivity contribution in [1.82, 2.24) is 15.3 Å². The van der Waals surface area contributed by atoms with Gasteiger partial charge in [-0.25, -0.2) is 14.4 Å². The van der Waals surface area contributed by atoms with E-state index in [1.807, 2.05) is 12.1 Å². The predicted molar refractivity (Wildman–Crippen MR) is 118 cm³/mol. The second-order valence-corrected chi connectivity index (χ2v) is 8.51. The van der Waals surface area contributed by atoms with Gasteiger partial charge in [-0.3, -0.25) is 0 Å². The smallest absolute Gasteiger partial charge is 0.166 e. The standard InChI is InChI=1S/C21H20Cl2FN5O/c1-30-17-6-15-12(5-16(17)28-20-10-4-11(20)8-25-7-10)21(27-9-26-15)29-14-3-2-13(22)18(23)19(14)24/h2-3,5-6,9-11,20,25,28H,4,7-8H2,1H3,(H,26,27,29)/t10-,11+,20?. The molecule has 2 bridgehead atoms. The van der Waals surface area contributed by atoms with Crippen molar-refractivity contribution in [3.05, 3.63) is 46.5 Å². The fourth-order valence-electron chi connectivity index (χ4n) is 4.38. The summed E-state index contributed by atoms with van der Waals surface area (Å²) >= 11 is 11.8. The van der Waals surface area contributed by atoms with Gasteiger partial charge >= 0.3 is 0 Å². The van der Waals surface area contributed by atoms with Crippen LogP contribution in [0.1, 0.15) is 6.42 Å². The number of ether oxygens (including phenoxy) is 1. The van der Waals surface area contributed by atoms with Gasteiger partial charge in [-0.15, -0.1) is 0 Å². The summed E-state index contributed by atoms with van der Waals surface area (Å²) in [7, 11) is 1.64. The molecule has 30 heavy (non-hydrogen) atoms. The van der Waals surface area contributed by atoms with Crippen LogP contribution in [0.4, 0.5) is 21.6 Å². The van der Waals surface area contributed by atoms with E-state index in [1.54, 1.807) is 7.11 Å². The topological polar surface area (TPSA) is 71.1 Å². The number of hydrogen-bond donors (Lipinski definition) is 3. The molecule has 6 nitrogen and oxygen atoms in total. The number of piperidine rings is 2. The summed E-state index contributed by atoms with van der Waals surface area (Å²) in [5, 5.41) is 10.9. The van der Waals surface area contributed by atoms with Gasteiger partial charge in [0.15, 0.2) is 5.82 Å². The van der Waals surface area contributed by atoms with Gasteiger partial charge in [-0.05, 0) is 49.5 Å². The van der Waals surface area contributed by atoms with Gasteiger partial charge in [0.2, 0.25) is 0 Å². The van der Waals surface area contributed by atoms with Crippen molar-refractivity contribution >= 4 is 51.3 Å². The molecule has 156 valence electrons. The van der Waals surface area contributed by atoms with E-state index in [1.165, 1.54) is 24.9 Å². The second-order valence-electron chi connectivity index (χ2n) is 7.72. The number of rotatable bonds is 5. The largest absolute Gasteiger partial charge is 0.495 e. The van der Waals surface area contributed by atoms with Crippen LogP contribution in [0.5, 0.6) is 5.75 Å². The highest BCUT2D eigenvalue weighted by Gasteiger charge is 2.43. The van der Waals surface area contributed by atoms with Crippen molar-refractivity contribution in [2.75, 3.05) is 30.8 Å². The number of nitrogens with zero attached hydrogens (tertiary/aromatic N) is 2. The van der Waals surface area contributed by atoms with E-state index in [9.17, 15) is 4.39 Å². The van der Waals surface area contributed by atoms with Crippen LogP contribution in [0.3, 0.4) is 0 Å². The quantitative estimate of drug-likeness (QED) is 0.485. The first kappa shape index (κ1) is 19.6. The number of methoxy groups -OCH3 is 1. The molecule has 1 aliphatic carbocycles. The Morgan fingerprint density at radius 1 is 1.13 bits per heavy atom. The Morgan fingerprint density at radius 2 is 1.93 bits per heavy atom. The van der Waals surface area contributed by atoms with E-state index >= 15 is 0 Å². The van der Waals surface area contributed by atoms with Crippen LogP contribution in [0.25, 0.3) is 10.9 Å². The number of halogens is 3. The third kappa shape index (κ3) is 3.31. The highest BCUT2D eigenvalue weighted by molar-refractivity contribution is 6.42. The summed E-state index contributed by atoms with van der Waals surface area (Å²) in [5.74, 6) is 1.78. The van der Waals surface area contributed by atoms with Gasteiger partial charge in [0, 0.05) is 17.5 Å². The summed E-state index contributed by atoms with van der Waals surface area (Å²) in [5.41, 5.74) is 1.75. The molecule has 3 aromatic rings. The van der Waals surface area contributed by atoms with Gasteiger partial charge in [-0.2, -0.15) is 0 Å². The molecule has 5 rings (SSSR count). The Hall–Kier alpha value is -2.35. The monoisotopic (exact) mass is 447 g/mol. The highest BCUT2D eigenvalue weighted by atomic mass is 35.5. The first-order chi connectivity index (χ1) is 14.5. The Kier molecular flexibility index (Phi) is 5.05. The van der Waals surface area contributed by atoms with Crippen LogP contribution in [0, 0.1) is 17.7 Å². The average molecular weight is 448 g/mol. The zero-order valence-electron chi connectivity index (χ0n) is 16.2. The van der Waals surface area contributed by atoms with Gasteiger partial charge in [-0.1, -0.05) is 23.2 Å². The van der Waals surface area contributed by atoms with Gasteiger partial charge in [0.25, 0.3) is 0 Å². The third-order valence-electron chi connectivity index (χ3n) is 6.00. The first-order valence-corrected chi connectivity index (χ1v) is 10.5. The molecule has 2 aliphatic rings. The van der Waals surface area contributed by atoms with Crippen LogP contribution in [0.15, 0.2) is 30.6 Å². The molecule has 0 radical (unpaired) electrons. The molecule has 1 saturated carbocycles. The maximum atomic E-state index is 14.5. The van der Waals surface area contributed by atoms with Crippen molar-refractivity contribution in [2.24, 2.45) is 11.8 Å². The van der Waals surface area contributed by atoms with E-state index in [0.29, 0.717) is 35.0 Å². The van der Waals surface area contributed by atoms with Crippen LogP contribution in [-0.2, 0) is 0 Å². The minimum atomic E-state index is -0.627. The summed E-state index contributed by atoms with van der Waals surface area (Å²) in [4.78, 5) is 8.67. The van der Waals surface area contributed by atoms with E-state index < -0.39 is 5.82 Å². The maximum absolute atomic E-state index is 14.5. The van der Waals surface area contributed by atoms with Crippen LogP contribution >= 0.6 is 23.2 Å². The Morgan fingerprint density at radius 3 is 2.67 bits per heavy atom. The molecule has 3 atom stereocenters. The van der Waals surface area contributed by atoms with Gasteiger partial charge < -0.3 is 20.7 Å². The minimum Gasteiger partial charge on any atom is -0.495 e. The Labute approximate surface area is 183 Å². The lowest BCUT2D eigenvalue weighted by atomic mass is 9.67. The average Bonchev–Trinajstić information content (AvgIpc) is 2.77. The molecule has 2 aromatic carbocycles. The molecule has 0 spiro atoms. The van der Waals surface area contributed by atoms with Crippen molar-refractivity contribution in [3.63, 3.8) is 0 Å². The van der Waals surface area contributed by atoms with E-state index in [4.69, 9.17) is 27.9 Å². The predicted octanol–water partition coefficient (Wildman–Crippen LogP) is 4.85. The molecule has 3 N–H and O–H groups in total. The molecule has 0 amide bonds. The number of anilines is 3. The summed E-state index contributed by atoms with van der Waals surface area (Å²) in [6, 6.07) is 7.29. The lowest BCUT2D eigenvalue weighted by Crippen LogP contribution is -2.59. The van der Waals surface area contributed by atoms with Crippen LogP contribution in [-0.4, -0.2) is 36.2 Å². The second kappa shape index (κ2) is 7.72. The van der Waals surface area contributed by atoms with Crippen LogP contribution in [0.2, 0.25) is 10.0 Å². The maximum Gasteiger partial charge on any atom is 0.166 e. The summed E-state index contributed by atoms with van der Waals surface area (Å²) in [6.45, 7) is 2.05. The van der Waals surface area contributed by atoms with E-state index in [-0.39, 0.29) is 15.7 Å². The Bertz CT molecular complexity index is 1110. The zero-order valence-corrected chi connectivity index (χ0v) is 17.7. The van der Waals surface area contributed by atoms with E-state index in [2.05, 4.69) is 25.9 Å². The number of nitrogens with one attached hydrogen (secondary N) is 3. The van der Waals surface area contributed by atoms with Crippen molar-refractivity contribution in [1.29, 1.82) is 0 Å². The molecular formula is C21H20Cl2FN5O. The van der Waals surface area contributed by atoms with Crippen molar-refractivity contribution < 1.29 is 9.13 Å². The number of hydrogen-bond acceptors (Lipinski definition) is 6. The minimum absolute atomic E-state index is 0.130. The molecule has 1 aromatic heterocycles. The summed E-state index contributed by atoms with van der Waals surface area (Å²) < 4.78 is 20.1. The fraction of sp³-hybridized carbons (Fsp3) is 0.333. The highest BCUT2D eigenvalue weighted by Crippen LogP contribution is 2.42. The number of fused-ring (bicyclic) bond motifs is 3. The first-order valence-electron chi connectivity index (χ1n) is 9.75. The SMILES string of the molecule is COc1cc2ncnc(Nc3ccc(Cl)c(Cl)c3F)c2cc1NC1[C@@H]2CNC[C@H]1C2. The normalized spacial score (nSPS) is 22.5. The molecule has 1 aliphatic heterocycles. The van der Waals surface area contributed by atoms with Crippen molar-refractivity contribution in [3.8, 4) is 5.75 Å². The lowest BCUT2D eigenvalue weighted by molar-refractivity contribution is 0.109.